The first-order chi connectivity index (χ1) is 12.3. The summed E-state index contributed by atoms with van der Waals surface area (Å²) in [6, 6.07) is 23.7. The molecule has 0 fully saturated rings. The van der Waals surface area contributed by atoms with Crippen molar-refractivity contribution >= 4 is 35.5 Å². The highest BCUT2D eigenvalue weighted by molar-refractivity contribution is 6.12. The van der Waals surface area contributed by atoms with Crippen molar-refractivity contribution in [3.8, 4) is 0 Å². The van der Waals surface area contributed by atoms with Gasteiger partial charge in [-0.15, -0.1) is 0 Å². The second-order valence-corrected chi connectivity index (χ2v) is 5.92. The Balaban J connectivity index is 1.73. The highest BCUT2D eigenvalue weighted by Crippen LogP contribution is 2.28. The summed E-state index contributed by atoms with van der Waals surface area (Å²) in [7, 11) is 5.91. The van der Waals surface area contributed by atoms with Gasteiger partial charge in [0.2, 0.25) is 0 Å². The molecule has 0 N–H and O–H groups in total. The molecule has 0 unspecified atom stereocenters. The van der Waals surface area contributed by atoms with Crippen LogP contribution in [-0.2, 0) is 17.8 Å². The maximum absolute atomic E-state index is 12.6. The molecule has 0 aliphatic rings. The topological polar surface area (TPSA) is 31.2 Å². The van der Waals surface area contributed by atoms with E-state index in [1.54, 1.807) is 4.57 Å². The van der Waals surface area contributed by atoms with E-state index in [1.807, 2.05) is 60.7 Å². The second kappa shape index (κ2) is 6.48. The zero-order valence-electron chi connectivity index (χ0n) is 13.7. The normalized spacial score (nSPS) is 11.0. The smallest absolute Gasteiger partial charge is 0.355 e. The van der Waals surface area contributed by atoms with Gasteiger partial charge in [-0.25, -0.2) is 4.79 Å². The van der Waals surface area contributed by atoms with Gasteiger partial charge in [0.05, 0.1) is 7.85 Å². The molecule has 120 valence electrons. The average Bonchev–Trinajstić information content (AvgIpc) is 3.06. The van der Waals surface area contributed by atoms with Crippen molar-refractivity contribution in [2.24, 2.45) is 0 Å². The zero-order chi connectivity index (χ0) is 17.2. The van der Waals surface area contributed by atoms with Gasteiger partial charge in [0, 0.05) is 10.9 Å². The Morgan fingerprint density at radius 2 is 1.68 bits per heavy atom. The van der Waals surface area contributed by atoms with Gasteiger partial charge in [-0.05, 0) is 34.9 Å². The summed E-state index contributed by atoms with van der Waals surface area (Å²) in [5.41, 5.74) is 2.37. The van der Waals surface area contributed by atoms with Crippen LogP contribution in [0.15, 0.2) is 72.8 Å². The molecular weight excluding hydrogens is 309 g/mol. The molecule has 4 rings (SSSR count). The molecule has 3 nitrogen and oxygen atoms in total. The predicted molar refractivity (Wildman–Crippen MR) is 101 cm³/mol. The Hall–Kier alpha value is -3.01. The van der Waals surface area contributed by atoms with E-state index >= 15 is 0 Å². The molecular formula is C21H16BNO2. The van der Waals surface area contributed by atoms with Crippen LogP contribution in [0.5, 0.6) is 0 Å². The molecule has 0 atom stereocenters. The molecule has 0 aliphatic carbocycles. The Bertz CT molecular complexity index is 1050. The Morgan fingerprint density at radius 3 is 2.48 bits per heavy atom. The van der Waals surface area contributed by atoms with E-state index in [-0.39, 0.29) is 19.0 Å². The minimum Gasteiger partial charge on any atom is -0.456 e. The van der Waals surface area contributed by atoms with Gasteiger partial charge in [-0.3, -0.25) is 0 Å². The highest BCUT2D eigenvalue weighted by atomic mass is 16.5. The van der Waals surface area contributed by atoms with Gasteiger partial charge in [0.25, 0.3) is 0 Å². The Labute approximate surface area is 147 Å². The summed E-state index contributed by atoms with van der Waals surface area (Å²) in [4.78, 5) is 12.6. The van der Waals surface area contributed by atoms with Gasteiger partial charge < -0.3 is 9.30 Å². The first-order valence-corrected chi connectivity index (χ1v) is 8.20. The molecule has 0 saturated heterocycles. The summed E-state index contributed by atoms with van der Waals surface area (Å²) >= 11 is 0. The van der Waals surface area contributed by atoms with E-state index in [0.717, 1.165) is 27.2 Å². The third-order valence-corrected chi connectivity index (χ3v) is 4.41. The maximum atomic E-state index is 12.6. The van der Waals surface area contributed by atoms with Gasteiger partial charge in [0.1, 0.15) is 12.3 Å². The standard InChI is InChI=1S/C21H16BNO2/c22-14-23-19-11-10-16-8-4-5-9-17(16)18(19)12-20(23)21(24)25-13-15-6-2-1-3-7-15/h1-12H,13-14H2. The van der Waals surface area contributed by atoms with Crippen molar-refractivity contribution < 1.29 is 9.53 Å². The third-order valence-electron chi connectivity index (χ3n) is 4.41. The van der Waals surface area contributed by atoms with E-state index in [1.165, 1.54) is 0 Å². The van der Waals surface area contributed by atoms with Crippen LogP contribution in [0.25, 0.3) is 21.7 Å². The number of hydrogen-bond acceptors (Lipinski definition) is 2. The van der Waals surface area contributed by atoms with Crippen LogP contribution in [0.2, 0.25) is 0 Å². The molecule has 0 spiro atoms. The van der Waals surface area contributed by atoms with E-state index in [4.69, 9.17) is 12.6 Å². The average molecular weight is 325 g/mol. The molecule has 1 heterocycles. The lowest BCUT2D eigenvalue weighted by molar-refractivity contribution is 0.0461. The van der Waals surface area contributed by atoms with Crippen LogP contribution in [-0.4, -0.2) is 18.4 Å². The first kappa shape index (κ1) is 15.5. The first-order valence-electron chi connectivity index (χ1n) is 8.20. The number of esters is 1. The summed E-state index contributed by atoms with van der Waals surface area (Å²) in [5.74, 6) is -0.366. The molecule has 4 heteroatoms. The number of nitrogens with zero attached hydrogens (tertiary/aromatic N) is 1. The number of ether oxygens (including phenoxy) is 1. The monoisotopic (exact) mass is 325 g/mol. The highest BCUT2D eigenvalue weighted by Gasteiger charge is 2.17. The van der Waals surface area contributed by atoms with Crippen LogP contribution < -0.4 is 0 Å². The quantitative estimate of drug-likeness (QED) is 0.414. The summed E-state index contributed by atoms with van der Waals surface area (Å²) < 4.78 is 7.28. The molecule has 25 heavy (non-hydrogen) atoms. The van der Waals surface area contributed by atoms with Crippen LogP contribution in [0.3, 0.4) is 0 Å². The molecule has 0 bridgehead atoms. The fraction of sp³-hybridized carbons (Fsp3) is 0.0952. The number of aromatic nitrogens is 1. The van der Waals surface area contributed by atoms with Gasteiger partial charge in [-0.1, -0.05) is 60.7 Å². The van der Waals surface area contributed by atoms with Crippen molar-refractivity contribution in [1.29, 1.82) is 0 Å². The Morgan fingerprint density at radius 1 is 0.920 bits per heavy atom. The van der Waals surface area contributed by atoms with Gasteiger partial charge in [-0.2, -0.15) is 0 Å². The number of fused-ring (bicyclic) bond motifs is 3. The number of benzene rings is 3. The van der Waals surface area contributed by atoms with E-state index < -0.39 is 0 Å². The molecule has 0 aliphatic heterocycles. The van der Waals surface area contributed by atoms with E-state index in [0.29, 0.717) is 5.69 Å². The minimum absolute atomic E-state index is 0.220. The molecule has 1 aromatic heterocycles. The predicted octanol–water partition coefficient (Wildman–Crippen LogP) is 4.28. The third kappa shape index (κ3) is 2.80. The van der Waals surface area contributed by atoms with Crippen LogP contribution in [0, 0.1) is 0 Å². The SMILES string of the molecule is [B]Cn1c(C(=O)OCc2ccccc2)cc2c3ccccc3ccc21. The largest absolute Gasteiger partial charge is 0.456 e. The summed E-state index contributed by atoms with van der Waals surface area (Å²) in [6.07, 6.45) is 0.220. The summed E-state index contributed by atoms with van der Waals surface area (Å²) in [6.45, 7) is 0.243. The summed E-state index contributed by atoms with van der Waals surface area (Å²) in [5, 5.41) is 3.24. The number of carbonyl (C=O) groups is 1. The van der Waals surface area contributed by atoms with Crippen molar-refractivity contribution in [1.82, 2.24) is 4.57 Å². The van der Waals surface area contributed by atoms with Crippen molar-refractivity contribution in [3.63, 3.8) is 0 Å². The maximum Gasteiger partial charge on any atom is 0.355 e. The van der Waals surface area contributed by atoms with Crippen LogP contribution in [0.4, 0.5) is 0 Å². The molecule has 0 saturated carbocycles. The molecule has 2 radical (unpaired) electrons. The van der Waals surface area contributed by atoms with Crippen LogP contribution in [0.1, 0.15) is 16.1 Å². The number of hydrogen-bond donors (Lipinski definition) is 0. The molecule has 4 aromatic rings. The van der Waals surface area contributed by atoms with E-state index in [2.05, 4.69) is 12.1 Å². The minimum atomic E-state index is -0.366. The zero-order valence-corrected chi connectivity index (χ0v) is 13.7. The van der Waals surface area contributed by atoms with Gasteiger partial charge >= 0.3 is 5.97 Å². The fourth-order valence-corrected chi connectivity index (χ4v) is 3.18. The van der Waals surface area contributed by atoms with Crippen LogP contribution >= 0.6 is 0 Å². The second-order valence-electron chi connectivity index (χ2n) is 5.92. The molecule has 0 amide bonds. The van der Waals surface area contributed by atoms with Crippen molar-refractivity contribution in [2.75, 3.05) is 0 Å². The Kier molecular flexibility index (Phi) is 4.02. The number of carbonyl (C=O) groups excluding carboxylic acids is 1. The van der Waals surface area contributed by atoms with E-state index in [9.17, 15) is 4.79 Å². The van der Waals surface area contributed by atoms with Gasteiger partial charge in [0.15, 0.2) is 0 Å². The lowest BCUT2D eigenvalue weighted by Gasteiger charge is -2.09. The lowest BCUT2D eigenvalue weighted by atomic mass is 10.1. The molecule has 3 aromatic carbocycles. The van der Waals surface area contributed by atoms with Crippen molar-refractivity contribution in [3.05, 3.63) is 84.1 Å². The number of rotatable bonds is 4. The van der Waals surface area contributed by atoms with Crippen molar-refractivity contribution in [2.45, 2.75) is 13.1 Å². The lowest BCUT2D eigenvalue weighted by Crippen LogP contribution is -2.12. The fourth-order valence-electron chi connectivity index (χ4n) is 3.18.